The first-order chi connectivity index (χ1) is 13.9. The van der Waals surface area contributed by atoms with Crippen molar-refractivity contribution in [2.24, 2.45) is 0 Å². The number of carbonyl (C=O) groups is 1. The molecule has 0 aliphatic rings. The zero-order valence-electron chi connectivity index (χ0n) is 15.8. The second kappa shape index (κ2) is 8.87. The number of anilines is 1. The highest BCUT2D eigenvalue weighted by molar-refractivity contribution is 7.91. The fourth-order valence-corrected chi connectivity index (χ4v) is 3.58. The Balaban J connectivity index is 1.76. The van der Waals surface area contributed by atoms with Crippen LogP contribution in [0, 0.1) is 5.82 Å². The number of hydrogen-bond donors (Lipinski definition) is 1. The summed E-state index contributed by atoms with van der Waals surface area (Å²) in [6.07, 6.45) is 0. The maximum absolute atomic E-state index is 13.0. The molecule has 7 heteroatoms. The molecule has 1 N–H and O–H groups in total. The molecule has 5 nitrogen and oxygen atoms in total. The summed E-state index contributed by atoms with van der Waals surface area (Å²) in [5.41, 5.74) is 1.44. The highest BCUT2D eigenvalue weighted by atomic mass is 32.2. The first-order valence-electron chi connectivity index (χ1n) is 8.99. The highest BCUT2D eigenvalue weighted by Crippen LogP contribution is 2.22. The van der Waals surface area contributed by atoms with Gasteiger partial charge in [0.15, 0.2) is 9.84 Å². The Kier molecular flexibility index (Phi) is 6.29. The third-order valence-electron chi connectivity index (χ3n) is 4.27. The van der Waals surface area contributed by atoms with E-state index < -0.39 is 15.7 Å². The molecule has 3 rings (SSSR count). The van der Waals surface area contributed by atoms with Crippen LogP contribution in [-0.2, 0) is 16.4 Å². The Morgan fingerprint density at radius 3 is 2.45 bits per heavy atom. The molecular formula is C22H20FNO4S. The predicted octanol–water partition coefficient (Wildman–Crippen LogP) is 4.45. The normalized spacial score (nSPS) is 11.1. The van der Waals surface area contributed by atoms with Crippen LogP contribution in [0.2, 0.25) is 0 Å². The number of amides is 1. The molecule has 0 aromatic heterocycles. The lowest BCUT2D eigenvalue weighted by molar-refractivity contribution is 0.102. The van der Waals surface area contributed by atoms with Crippen LogP contribution in [-0.4, -0.2) is 20.1 Å². The van der Waals surface area contributed by atoms with E-state index in [9.17, 15) is 17.6 Å². The molecule has 0 bridgehead atoms. The summed E-state index contributed by atoms with van der Waals surface area (Å²) in [5.74, 6) is -0.414. The largest absolute Gasteiger partial charge is 0.488 e. The van der Waals surface area contributed by atoms with E-state index in [1.54, 1.807) is 55.5 Å². The van der Waals surface area contributed by atoms with Crippen molar-refractivity contribution in [2.45, 2.75) is 18.4 Å². The predicted molar refractivity (Wildman–Crippen MR) is 109 cm³/mol. The molecule has 1 amide bonds. The van der Waals surface area contributed by atoms with Crippen LogP contribution in [0.5, 0.6) is 5.75 Å². The van der Waals surface area contributed by atoms with Crippen LogP contribution in [0.25, 0.3) is 0 Å². The zero-order chi connectivity index (χ0) is 20.9. The number of sulfone groups is 1. The Hall–Kier alpha value is -3.19. The molecule has 0 spiro atoms. The van der Waals surface area contributed by atoms with E-state index in [2.05, 4.69) is 5.32 Å². The summed E-state index contributed by atoms with van der Waals surface area (Å²) < 4.78 is 42.9. The van der Waals surface area contributed by atoms with Gasteiger partial charge in [-0.25, -0.2) is 12.8 Å². The van der Waals surface area contributed by atoms with Crippen molar-refractivity contribution in [3.63, 3.8) is 0 Å². The number of rotatable bonds is 7. The summed E-state index contributed by atoms with van der Waals surface area (Å²) in [4.78, 5) is 12.9. The molecule has 0 aliphatic carbocycles. The summed E-state index contributed by atoms with van der Waals surface area (Å²) in [7, 11) is -3.37. The first kappa shape index (κ1) is 20.5. The summed E-state index contributed by atoms with van der Waals surface area (Å²) in [5, 5.41) is 2.71. The third kappa shape index (κ3) is 5.20. The van der Waals surface area contributed by atoms with Gasteiger partial charge in [0.2, 0.25) is 0 Å². The summed E-state index contributed by atoms with van der Waals surface area (Å²) in [6.45, 7) is 1.74. The zero-order valence-corrected chi connectivity index (χ0v) is 16.6. The molecule has 0 aliphatic heterocycles. The monoisotopic (exact) mass is 413 g/mol. The number of carbonyl (C=O) groups excluding carboxylic acids is 1. The maximum atomic E-state index is 13.0. The highest BCUT2D eigenvalue weighted by Gasteiger charge is 2.15. The third-order valence-corrected chi connectivity index (χ3v) is 6.00. The molecule has 0 fully saturated rings. The van der Waals surface area contributed by atoms with Crippen LogP contribution in [0.1, 0.15) is 22.8 Å². The van der Waals surface area contributed by atoms with Gasteiger partial charge >= 0.3 is 0 Å². The number of benzene rings is 3. The molecule has 150 valence electrons. The molecule has 0 radical (unpaired) electrons. The lowest BCUT2D eigenvalue weighted by Crippen LogP contribution is -2.14. The molecule has 29 heavy (non-hydrogen) atoms. The van der Waals surface area contributed by atoms with Gasteiger partial charge < -0.3 is 10.1 Å². The van der Waals surface area contributed by atoms with Gasteiger partial charge in [-0.05, 0) is 48.0 Å². The van der Waals surface area contributed by atoms with Crippen LogP contribution >= 0.6 is 0 Å². The lowest BCUT2D eigenvalue weighted by Gasteiger charge is -2.12. The van der Waals surface area contributed by atoms with E-state index in [1.165, 1.54) is 24.3 Å². The van der Waals surface area contributed by atoms with Gasteiger partial charge in [0.25, 0.3) is 5.91 Å². The van der Waals surface area contributed by atoms with Gasteiger partial charge in [0, 0.05) is 5.69 Å². The molecule has 0 heterocycles. The van der Waals surface area contributed by atoms with Crippen molar-refractivity contribution < 1.29 is 22.3 Å². The van der Waals surface area contributed by atoms with Gasteiger partial charge in [-0.1, -0.05) is 37.3 Å². The van der Waals surface area contributed by atoms with Crippen molar-refractivity contribution in [1.29, 1.82) is 0 Å². The molecule has 3 aromatic carbocycles. The van der Waals surface area contributed by atoms with E-state index >= 15 is 0 Å². The molecular weight excluding hydrogens is 393 g/mol. The van der Waals surface area contributed by atoms with E-state index in [4.69, 9.17) is 4.74 Å². The van der Waals surface area contributed by atoms with Crippen LogP contribution in [0.3, 0.4) is 0 Å². The van der Waals surface area contributed by atoms with Crippen LogP contribution in [0.15, 0.2) is 77.7 Å². The van der Waals surface area contributed by atoms with Crippen molar-refractivity contribution in [1.82, 2.24) is 0 Å². The van der Waals surface area contributed by atoms with Crippen LogP contribution in [0.4, 0.5) is 10.1 Å². The quantitative estimate of drug-likeness (QED) is 0.621. The van der Waals surface area contributed by atoms with E-state index in [1.807, 2.05) is 0 Å². The topological polar surface area (TPSA) is 72.5 Å². The lowest BCUT2D eigenvalue weighted by atomic mass is 10.1. The van der Waals surface area contributed by atoms with Gasteiger partial charge in [-0.15, -0.1) is 0 Å². The second-order valence-electron chi connectivity index (χ2n) is 6.30. The Bertz CT molecular complexity index is 1110. The average molecular weight is 413 g/mol. The second-order valence-corrected chi connectivity index (χ2v) is 8.57. The molecule has 0 atom stereocenters. The SMILES string of the molecule is CCS(=O)(=O)c1cccc(NC(=O)c2ccccc2OCc2ccc(F)cc2)c1. The van der Waals surface area contributed by atoms with Gasteiger partial charge in [-0.3, -0.25) is 4.79 Å². The van der Waals surface area contributed by atoms with Crippen molar-refractivity contribution in [3.8, 4) is 5.75 Å². The Morgan fingerprint density at radius 1 is 1.00 bits per heavy atom. The molecule has 0 saturated carbocycles. The van der Waals surface area contributed by atoms with Crippen molar-refractivity contribution in [2.75, 3.05) is 11.1 Å². The standard InChI is InChI=1S/C22H20FNO4S/c1-2-29(26,27)19-7-5-6-18(14-19)24-22(25)20-8-3-4-9-21(20)28-15-16-10-12-17(23)13-11-16/h3-14H,2,15H2,1H3,(H,24,25). The smallest absolute Gasteiger partial charge is 0.259 e. The van der Waals surface area contributed by atoms with Crippen molar-refractivity contribution >= 4 is 21.4 Å². The van der Waals surface area contributed by atoms with Crippen molar-refractivity contribution in [3.05, 3.63) is 89.7 Å². The van der Waals surface area contributed by atoms with E-state index in [-0.39, 0.29) is 23.1 Å². The summed E-state index contributed by atoms with van der Waals surface area (Å²) in [6, 6.07) is 18.7. The van der Waals surface area contributed by atoms with Gasteiger partial charge in [-0.2, -0.15) is 0 Å². The minimum atomic E-state index is -3.37. The van der Waals surface area contributed by atoms with E-state index in [0.717, 1.165) is 5.56 Å². The number of para-hydroxylation sites is 1. The number of nitrogens with one attached hydrogen (secondary N) is 1. The van der Waals surface area contributed by atoms with Gasteiger partial charge in [0.05, 0.1) is 16.2 Å². The van der Waals surface area contributed by atoms with Crippen LogP contribution < -0.4 is 10.1 Å². The fraction of sp³-hybridized carbons (Fsp3) is 0.136. The average Bonchev–Trinajstić information content (AvgIpc) is 2.73. The first-order valence-corrected chi connectivity index (χ1v) is 10.6. The fourth-order valence-electron chi connectivity index (χ4n) is 2.65. The minimum Gasteiger partial charge on any atom is -0.488 e. The number of ether oxygens (including phenoxy) is 1. The molecule has 0 unspecified atom stereocenters. The van der Waals surface area contributed by atoms with E-state index in [0.29, 0.717) is 17.0 Å². The Morgan fingerprint density at radius 2 is 1.72 bits per heavy atom. The molecule has 3 aromatic rings. The molecule has 0 saturated heterocycles. The number of hydrogen-bond acceptors (Lipinski definition) is 4. The number of halogens is 1. The van der Waals surface area contributed by atoms with Gasteiger partial charge in [0.1, 0.15) is 18.2 Å². The Labute approximate surface area is 169 Å². The minimum absolute atomic E-state index is 0.0234. The maximum Gasteiger partial charge on any atom is 0.259 e. The summed E-state index contributed by atoms with van der Waals surface area (Å²) >= 11 is 0.